The second kappa shape index (κ2) is 8.96. The van der Waals surface area contributed by atoms with Gasteiger partial charge >= 0.3 is 0 Å². The molecule has 1 aliphatic heterocycles. The highest BCUT2D eigenvalue weighted by Gasteiger charge is 2.34. The van der Waals surface area contributed by atoms with E-state index in [0.29, 0.717) is 48.0 Å². The Morgan fingerprint density at radius 1 is 1.32 bits per heavy atom. The van der Waals surface area contributed by atoms with Gasteiger partial charge in [0.05, 0.1) is 9.51 Å². The number of aliphatic imine (C=N–C) groups is 1. The smallest absolute Gasteiger partial charge is 0.225 e. The Morgan fingerprint density at radius 2 is 1.96 bits per heavy atom. The molecular weight excluding hydrogens is 449 g/mol. The molecule has 1 aliphatic carbocycles. The number of amides is 1. The molecule has 0 spiro atoms. The summed E-state index contributed by atoms with van der Waals surface area (Å²) in [6.45, 7) is 6.52. The van der Waals surface area contributed by atoms with Crippen molar-refractivity contribution in [2.75, 3.05) is 31.5 Å². The number of carbonyl (C=O) groups is 1. The van der Waals surface area contributed by atoms with Crippen molar-refractivity contribution in [1.29, 1.82) is 0 Å². The SMILES string of the molecule is C=C(/N=C\C(Br)=C(/N)N1CCN(C(=O)C2CC2)CC1)Nc1ccc(F)c(Cl)c1. The quantitative estimate of drug-likeness (QED) is 0.624. The molecule has 1 aromatic carbocycles. The van der Waals surface area contributed by atoms with Gasteiger partial charge in [0.15, 0.2) is 0 Å². The molecule has 0 bridgehead atoms. The van der Waals surface area contributed by atoms with Gasteiger partial charge in [-0.1, -0.05) is 18.2 Å². The molecule has 9 heteroatoms. The number of halogens is 3. The number of hydrogen-bond donors (Lipinski definition) is 2. The fourth-order valence-corrected chi connectivity index (χ4v) is 3.41. The number of anilines is 1. The zero-order valence-electron chi connectivity index (χ0n) is 15.3. The molecule has 0 atom stereocenters. The molecule has 1 heterocycles. The van der Waals surface area contributed by atoms with Crippen LogP contribution in [0.25, 0.3) is 0 Å². The van der Waals surface area contributed by atoms with Crippen molar-refractivity contribution in [3.05, 3.63) is 51.7 Å². The fourth-order valence-electron chi connectivity index (χ4n) is 2.88. The first-order valence-corrected chi connectivity index (χ1v) is 10.2. The van der Waals surface area contributed by atoms with Gasteiger partial charge in [-0.05, 0) is 47.0 Å². The fraction of sp³-hybridized carbons (Fsp3) is 0.368. The number of nitrogens with one attached hydrogen (secondary N) is 1. The van der Waals surface area contributed by atoms with Gasteiger partial charge in [0.25, 0.3) is 0 Å². The molecule has 2 aliphatic rings. The number of nitrogens with zero attached hydrogens (tertiary/aromatic N) is 3. The van der Waals surface area contributed by atoms with E-state index in [1.54, 1.807) is 12.3 Å². The van der Waals surface area contributed by atoms with Gasteiger partial charge < -0.3 is 20.9 Å². The molecule has 0 radical (unpaired) electrons. The van der Waals surface area contributed by atoms with Crippen LogP contribution in [-0.2, 0) is 4.79 Å². The van der Waals surface area contributed by atoms with E-state index in [-0.39, 0.29) is 16.8 Å². The van der Waals surface area contributed by atoms with E-state index in [1.165, 1.54) is 12.1 Å². The third-order valence-corrected chi connectivity index (χ3v) is 5.55. The van der Waals surface area contributed by atoms with Crippen molar-refractivity contribution in [1.82, 2.24) is 9.80 Å². The van der Waals surface area contributed by atoms with E-state index in [0.717, 1.165) is 12.8 Å². The van der Waals surface area contributed by atoms with E-state index in [1.807, 2.05) is 9.80 Å². The second-order valence-electron chi connectivity index (χ2n) is 6.78. The molecule has 3 rings (SSSR count). The third-order valence-electron chi connectivity index (χ3n) is 4.65. The van der Waals surface area contributed by atoms with Crippen molar-refractivity contribution in [3.63, 3.8) is 0 Å². The maximum absolute atomic E-state index is 13.2. The van der Waals surface area contributed by atoms with Crippen LogP contribution in [0, 0.1) is 11.7 Å². The summed E-state index contributed by atoms with van der Waals surface area (Å²) < 4.78 is 13.8. The number of nitrogens with two attached hydrogens (primary N) is 1. The maximum atomic E-state index is 13.2. The lowest BCUT2D eigenvalue weighted by Gasteiger charge is -2.36. The first-order valence-electron chi connectivity index (χ1n) is 8.99. The van der Waals surface area contributed by atoms with Gasteiger partial charge in [0.1, 0.15) is 17.5 Å². The summed E-state index contributed by atoms with van der Waals surface area (Å²) >= 11 is 9.19. The lowest BCUT2D eigenvalue weighted by molar-refractivity contribution is -0.134. The van der Waals surface area contributed by atoms with Gasteiger partial charge in [-0.3, -0.25) is 4.79 Å². The lowest BCUT2D eigenvalue weighted by Crippen LogP contribution is -2.50. The Hall–Kier alpha value is -2.06. The average molecular weight is 471 g/mol. The van der Waals surface area contributed by atoms with Crippen molar-refractivity contribution >= 4 is 45.3 Å². The molecular formula is C19H22BrClFN5O. The number of piperazine rings is 1. The van der Waals surface area contributed by atoms with E-state index < -0.39 is 5.82 Å². The summed E-state index contributed by atoms with van der Waals surface area (Å²) in [5, 5.41) is 2.95. The minimum absolute atomic E-state index is 0.0198. The number of carbonyl (C=O) groups excluding carboxylic acids is 1. The Labute approximate surface area is 177 Å². The molecule has 0 aromatic heterocycles. The highest BCUT2D eigenvalue weighted by molar-refractivity contribution is 9.12. The number of benzene rings is 1. The van der Waals surface area contributed by atoms with Crippen molar-refractivity contribution in [2.24, 2.45) is 16.6 Å². The summed E-state index contributed by atoms with van der Waals surface area (Å²) in [6.07, 6.45) is 3.59. The van der Waals surface area contributed by atoms with E-state index >= 15 is 0 Å². The van der Waals surface area contributed by atoms with Crippen LogP contribution in [0.3, 0.4) is 0 Å². The van der Waals surface area contributed by atoms with Gasteiger partial charge in [-0.15, -0.1) is 0 Å². The number of allylic oxidation sites excluding steroid dienone is 1. The van der Waals surface area contributed by atoms with E-state index in [2.05, 4.69) is 32.8 Å². The van der Waals surface area contributed by atoms with Gasteiger partial charge in [-0.2, -0.15) is 0 Å². The van der Waals surface area contributed by atoms with Crippen molar-refractivity contribution in [2.45, 2.75) is 12.8 Å². The van der Waals surface area contributed by atoms with Crippen LogP contribution in [0.2, 0.25) is 5.02 Å². The average Bonchev–Trinajstić information content (AvgIpc) is 3.53. The Balaban J connectivity index is 1.53. The predicted molar refractivity (Wildman–Crippen MR) is 114 cm³/mol. The zero-order valence-corrected chi connectivity index (χ0v) is 17.6. The maximum Gasteiger partial charge on any atom is 0.225 e. The number of rotatable bonds is 6. The molecule has 1 saturated carbocycles. The summed E-state index contributed by atoms with van der Waals surface area (Å²) in [5.74, 6) is 0.935. The summed E-state index contributed by atoms with van der Waals surface area (Å²) in [6, 6.07) is 4.27. The lowest BCUT2D eigenvalue weighted by atomic mass is 10.2. The molecule has 6 nitrogen and oxygen atoms in total. The Kier molecular flexibility index (Phi) is 6.61. The van der Waals surface area contributed by atoms with Gasteiger partial charge in [-0.25, -0.2) is 9.38 Å². The van der Waals surface area contributed by atoms with Crippen LogP contribution < -0.4 is 11.1 Å². The van der Waals surface area contributed by atoms with E-state index in [9.17, 15) is 9.18 Å². The zero-order chi connectivity index (χ0) is 20.3. The van der Waals surface area contributed by atoms with E-state index in [4.69, 9.17) is 17.3 Å². The molecule has 1 aromatic rings. The summed E-state index contributed by atoms with van der Waals surface area (Å²) in [4.78, 5) is 20.3. The minimum atomic E-state index is -0.487. The molecule has 0 unspecified atom stereocenters. The molecule has 1 saturated heterocycles. The monoisotopic (exact) mass is 469 g/mol. The Bertz CT molecular complexity index is 832. The van der Waals surface area contributed by atoms with Crippen LogP contribution in [0.1, 0.15) is 12.8 Å². The van der Waals surface area contributed by atoms with Crippen LogP contribution >= 0.6 is 27.5 Å². The van der Waals surface area contributed by atoms with Crippen LogP contribution in [0.4, 0.5) is 10.1 Å². The topological polar surface area (TPSA) is 74.0 Å². The summed E-state index contributed by atoms with van der Waals surface area (Å²) in [5.41, 5.74) is 6.80. The highest BCUT2D eigenvalue weighted by Crippen LogP contribution is 2.31. The Morgan fingerprint density at radius 3 is 2.57 bits per heavy atom. The van der Waals surface area contributed by atoms with Crippen molar-refractivity contribution in [3.8, 4) is 0 Å². The standard InChI is InChI=1S/C19H22BrClFN5O/c1-12(25-14-4-5-17(22)16(21)10-14)24-11-15(20)18(23)26-6-8-27(9-7-26)19(28)13-2-3-13/h4-5,10-11,13,25H,1-3,6-9,23H2/b18-15-,24-11-. The molecule has 150 valence electrons. The van der Waals surface area contributed by atoms with Crippen LogP contribution in [0.5, 0.6) is 0 Å². The van der Waals surface area contributed by atoms with Crippen LogP contribution in [-0.4, -0.2) is 48.1 Å². The largest absolute Gasteiger partial charge is 0.384 e. The first kappa shape index (κ1) is 20.7. The third kappa shape index (κ3) is 5.26. The first-order chi connectivity index (χ1) is 13.3. The molecule has 2 fully saturated rings. The molecule has 1 amide bonds. The van der Waals surface area contributed by atoms with Crippen LogP contribution in [0.15, 0.2) is 45.9 Å². The molecule has 3 N–H and O–H groups in total. The molecule has 28 heavy (non-hydrogen) atoms. The van der Waals surface area contributed by atoms with Crippen molar-refractivity contribution < 1.29 is 9.18 Å². The van der Waals surface area contributed by atoms with Gasteiger partial charge in [0, 0.05) is 44.0 Å². The predicted octanol–water partition coefficient (Wildman–Crippen LogP) is 3.51. The highest BCUT2D eigenvalue weighted by atomic mass is 79.9. The second-order valence-corrected chi connectivity index (χ2v) is 8.04. The normalized spacial score (nSPS) is 18.2. The summed E-state index contributed by atoms with van der Waals surface area (Å²) in [7, 11) is 0. The number of hydrogen-bond acceptors (Lipinski definition) is 5. The minimum Gasteiger partial charge on any atom is -0.384 e. The van der Waals surface area contributed by atoms with Gasteiger partial charge in [0.2, 0.25) is 5.91 Å².